The first kappa shape index (κ1) is 61.3. The average molecular weight is 974 g/mol. The summed E-state index contributed by atoms with van der Waals surface area (Å²) in [6.45, 7) is 6.84. The highest BCUT2D eigenvalue weighted by Gasteiger charge is 2.35. The summed E-state index contributed by atoms with van der Waals surface area (Å²) in [6.07, 6.45) is -3.00. The van der Waals surface area contributed by atoms with Gasteiger partial charge in [-0.3, -0.25) is 52.9 Å². The molecule has 0 radical (unpaired) electrons. The number of amides is 10. The van der Waals surface area contributed by atoms with E-state index in [0.717, 1.165) is 20.8 Å². The van der Waals surface area contributed by atoms with Crippen LogP contribution in [-0.4, -0.2) is 173 Å². The molecule has 0 fully saturated rings. The standard InChI is InChI=1S/C39H71N15O14/c1-17(2)28(52-31(60)18(3)41)36(65)51-24(14-25(42)57)34(63)48-19(4)32(61)53-30(21(6)56)37(66)54-29(20(5)55)35(64)47-16-26(58)49-22(10-7-8-12-40)33(62)46-15-27(59)50-23(38(67)68)11-9-13-45-39(43)44/h17-24,28-30,55-56H,7-16,40-41H2,1-6H3,(H2,42,57)(H,46,62)(H,47,64)(H,48,63)(H,49,58)(H,50,59)(H,51,65)(H,52,60)(H,53,61)(H,54,66)(H,67,68)(H4,43,44,45)/t18-,19-,20+,21+,22-,23-,24-,28-,29-,30-/m0/s1. The quantitative estimate of drug-likeness (QED) is 0.0169. The summed E-state index contributed by atoms with van der Waals surface area (Å²) in [5, 5.41) is 50.8. The smallest absolute Gasteiger partial charge is 0.326 e. The maximum absolute atomic E-state index is 13.3. The van der Waals surface area contributed by atoms with Gasteiger partial charge >= 0.3 is 5.97 Å². The zero-order valence-corrected chi connectivity index (χ0v) is 39.1. The van der Waals surface area contributed by atoms with Crippen molar-refractivity contribution in [2.24, 2.45) is 39.6 Å². The minimum Gasteiger partial charge on any atom is -0.480 e. The van der Waals surface area contributed by atoms with Gasteiger partial charge in [-0.05, 0) is 72.3 Å². The number of unbranched alkanes of at least 4 members (excludes halogenated alkanes) is 1. The van der Waals surface area contributed by atoms with Gasteiger partial charge in [0.25, 0.3) is 0 Å². The number of carbonyl (C=O) groups excluding carboxylic acids is 10. The van der Waals surface area contributed by atoms with Gasteiger partial charge in [0.1, 0.15) is 42.3 Å². The molecule has 0 saturated carbocycles. The molecule has 10 atom stereocenters. The Morgan fingerprint density at radius 2 is 1.01 bits per heavy atom. The third kappa shape index (κ3) is 24.2. The Kier molecular flexibility index (Phi) is 28.2. The van der Waals surface area contributed by atoms with Crippen LogP contribution in [0.15, 0.2) is 4.99 Å². The number of hydrogen-bond acceptors (Lipinski definition) is 16. The lowest BCUT2D eigenvalue weighted by atomic mass is 10.0. The van der Waals surface area contributed by atoms with Crippen molar-refractivity contribution in [3.63, 3.8) is 0 Å². The molecule has 0 aromatic heterocycles. The number of nitrogens with zero attached hydrogens (tertiary/aromatic N) is 1. The summed E-state index contributed by atoms with van der Waals surface area (Å²) >= 11 is 0. The molecule has 0 aliphatic rings. The highest BCUT2D eigenvalue weighted by atomic mass is 16.4. The van der Waals surface area contributed by atoms with Crippen molar-refractivity contribution < 1.29 is 68.1 Å². The largest absolute Gasteiger partial charge is 0.480 e. The van der Waals surface area contributed by atoms with Crippen molar-refractivity contribution >= 4 is 71.0 Å². The number of hydrogen-bond donors (Lipinski definition) is 17. The van der Waals surface area contributed by atoms with Crippen LogP contribution >= 0.6 is 0 Å². The Balaban J connectivity index is 5.71. The third-order valence-corrected chi connectivity index (χ3v) is 9.60. The first-order chi connectivity index (χ1) is 31.6. The number of nitrogens with two attached hydrogens (primary N) is 5. The summed E-state index contributed by atoms with van der Waals surface area (Å²) in [6, 6.07) is -11.5. The Morgan fingerprint density at radius 1 is 0.529 bits per heavy atom. The molecule has 29 nitrogen and oxygen atoms in total. The molecular weight excluding hydrogens is 903 g/mol. The molecule has 0 aliphatic carbocycles. The number of carbonyl (C=O) groups is 11. The topological polar surface area (TPSA) is 499 Å². The van der Waals surface area contributed by atoms with E-state index in [1.54, 1.807) is 13.8 Å². The van der Waals surface area contributed by atoms with E-state index >= 15 is 0 Å². The fourth-order valence-corrected chi connectivity index (χ4v) is 5.78. The van der Waals surface area contributed by atoms with Crippen LogP contribution in [-0.2, 0) is 52.7 Å². The van der Waals surface area contributed by atoms with Crippen molar-refractivity contribution in [2.75, 3.05) is 26.2 Å². The Labute approximate surface area is 392 Å². The van der Waals surface area contributed by atoms with Gasteiger partial charge in [-0.25, -0.2) is 4.79 Å². The number of aliphatic imine (C=N–C) groups is 1. The maximum atomic E-state index is 13.3. The Hall–Kier alpha value is -6.72. The lowest BCUT2D eigenvalue weighted by Gasteiger charge is -2.28. The van der Waals surface area contributed by atoms with E-state index in [4.69, 9.17) is 28.7 Å². The fraction of sp³-hybridized carbons (Fsp3) is 0.692. The molecule has 10 amide bonds. The number of carboxylic acid groups (broad SMARTS) is 1. The predicted octanol–water partition coefficient (Wildman–Crippen LogP) is -8.46. The number of aliphatic hydroxyl groups excluding tert-OH is 2. The van der Waals surface area contributed by atoms with Crippen LogP contribution in [0.4, 0.5) is 0 Å². The normalized spacial score (nSPS) is 15.3. The molecule has 0 unspecified atom stereocenters. The van der Waals surface area contributed by atoms with E-state index in [1.165, 1.54) is 6.92 Å². The fourth-order valence-electron chi connectivity index (χ4n) is 5.78. The summed E-state index contributed by atoms with van der Waals surface area (Å²) in [5.74, 6) is -11.7. The second kappa shape index (κ2) is 31.3. The monoisotopic (exact) mass is 974 g/mol. The van der Waals surface area contributed by atoms with Gasteiger partial charge in [0.2, 0.25) is 59.1 Å². The molecule has 386 valence electrons. The lowest BCUT2D eigenvalue weighted by Crippen LogP contribution is -2.62. The number of nitrogens with one attached hydrogen (secondary N) is 9. The molecular formula is C39H71N15O14. The van der Waals surface area contributed by atoms with Gasteiger partial charge in [0.05, 0.1) is 37.8 Å². The second-order valence-electron chi connectivity index (χ2n) is 16.2. The van der Waals surface area contributed by atoms with E-state index < -0.39 is 151 Å². The average Bonchev–Trinajstić information content (AvgIpc) is 3.23. The first-order valence-electron chi connectivity index (χ1n) is 21.7. The predicted molar refractivity (Wildman–Crippen MR) is 241 cm³/mol. The molecule has 0 rings (SSSR count). The summed E-state index contributed by atoms with van der Waals surface area (Å²) in [5.41, 5.74) is 26.9. The summed E-state index contributed by atoms with van der Waals surface area (Å²) < 4.78 is 0. The van der Waals surface area contributed by atoms with Gasteiger partial charge < -0.3 is 91.8 Å². The van der Waals surface area contributed by atoms with Crippen molar-refractivity contribution in [1.82, 2.24) is 47.9 Å². The van der Waals surface area contributed by atoms with Crippen LogP contribution in [0.5, 0.6) is 0 Å². The number of aliphatic hydroxyl groups is 2. The van der Waals surface area contributed by atoms with Crippen LogP contribution in [0.2, 0.25) is 0 Å². The Morgan fingerprint density at radius 3 is 1.50 bits per heavy atom. The second-order valence-corrected chi connectivity index (χ2v) is 16.2. The van der Waals surface area contributed by atoms with Crippen LogP contribution in [0.1, 0.15) is 80.1 Å². The minimum atomic E-state index is -1.82. The van der Waals surface area contributed by atoms with Crippen LogP contribution < -0.4 is 76.5 Å². The molecule has 0 aromatic carbocycles. The van der Waals surface area contributed by atoms with E-state index in [1.807, 2.05) is 0 Å². The first-order valence-corrected chi connectivity index (χ1v) is 21.7. The third-order valence-electron chi connectivity index (χ3n) is 9.60. The van der Waals surface area contributed by atoms with Crippen LogP contribution in [0.25, 0.3) is 0 Å². The van der Waals surface area contributed by atoms with Crippen LogP contribution in [0.3, 0.4) is 0 Å². The maximum Gasteiger partial charge on any atom is 0.326 e. The SMILES string of the molecule is CC(C)[C@H](NC(=O)[C@H](C)N)C(=O)N[C@@H](CC(N)=O)C(=O)N[C@@H](C)C(=O)N[C@H](C(=O)N[C@H](C(=O)NCC(=O)N[C@@H](CCCCN)C(=O)NCC(=O)N[C@@H](CCCN=C(N)N)C(=O)O)[C@@H](C)O)[C@@H](C)O. The number of aliphatic carboxylic acids is 1. The molecule has 0 saturated heterocycles. The molecule has 22 N–H and O–H groups in total. The van der Waals surface area contributed by atoms with Gasteiger partial charge in [-0.2, -0.15) is 0 Å². The van der Waals surface area contributed by atoms with Crippen molar-refractivity contribution in [2.45, 2.75) is 141 Å². The molecule has 0 aliphatic heterocycles. The highest BCUT2D eigenvalue weighted by Crippen LogP contribution is 2.06. The van der Waals surface area contributed by atoms with Crippen molar-refractivity contribution in [3.8, 4) is 0 Å². The van der Waals surface area contributed by atoms with Gasteiger partial charge in [0, 0.05) is 6.54 Å². The summed E-state index contributed by atoms with van der Waals surface area (Å²) in [7, 11) is 0. The number of guanidine groups is 1. The van der Waals surface area contributed by atoms with Crippen LogP contribution in [0, 0.1) is 5.92 Å². The van der Waals surface area contributed by atoms with Gasteiger partial charge in [-0.15, -0.1) is 0 Å². The lowest BCUT2D eigenvalue weighted by molar-refractivity contribution is -0.142. The zero-order valence-electron chi connectivity index (χ0n) is 39.1. The van der Waals surface area contributed by atoms with E-state index in [0.29, 0.717) is 12.8 Å². The molecule has 0 aromatic rings. The van der Waals surface area contributed by atoms with Gasteiger partial charge in [-0.1, -0.05) is 13.8 Å². The molecule has 0 heterocycles. The van der Waals surface area contributed by atoms with Crippen molar-refractivity contribution in [3.05, 3.63) is 0 Å². The molecule has 0 spiro atoms. The molecule has 29 heteroatoms. The van der Waals surface area contributed by atoms with Crippen molar-refractivity contribution in [1.29, 1.82) is 0 Å². The zero-order chi connectivity index (χ0) is 52.4. The molecule has 68 heavy (non-hydrogen) atoms. The summed E-state index contributed by atoms with van der Waals surface area (Å²) in [4.78, 5) is 144. The van der Waals surface area contributed by atoms with E-state index in [9.17, 15) is 68.1 Å². The van der Waals surface area contributed by atoms with E-state index in [-0.39, 0.29) is 38.3 Å². The molecule has 0 bridgehead atoms. The highest BCUT2D eigenvalue weighted by molar-refractivity contribution is 5.99. The van der Waals surface area contributed by atoms with E-state index in [2.05, 4.69) is 52.8 Å². The number of rotatable bonds is 32. The Bertz CT molecular complexity index is 1790. The number of carboxylic acids is 1. The number of primary amides is 1. The van der Waals surface area contributed by atoms with Gasteiger partial charge in [0.15, 0.2) is 5.96 Å². The minimum absolute atomic E-state index is 0.0273.